The standard InChI is InChI=1S/C19H25N5O2/c1-11-3-8-16(26-2)14(9-11)17(25)15-10-22-19(24-18(15)21)23-13-6-4-12(20)5-7-13/h3,8-10,12-13H,4-7,20H2,1-2H3,(H3,21,22,23,24). The Labute approximate surface area is 153 Å². The zero-order chi connectivity index (χ0) is 18.7. The van der Waals surface area contributed by atoms with E-state index in [0.29, 0.717) is 17.3 Å². The number of benzene rings is 1. The fourth-order valence-corrected chi connectivity index (χ4v) is 3.23. The van der Waals surface area contributed by atoms with Gasteiger partial charge in [-0.1, -0.05) is 11.6 Å². The third-order valence-electron chi connectivity index (χ3n) is 4.77. The molecule has 138 valence electrons. The van der Waals surface area contributed by atoms with Gasteiger partial charge in [-0.15, -0.1) is 0 Å². The van der Waals surface area contributed by atoms with Crippen molar-refractivity contribution >= 4 is 17.5 Å². The quantitative estimate of drug-likeness (QED) is 0.705. The lowest BCUT2D eigenvalue weighted by molar-refractivity contribution is 0.103. The van der Waals surface area contributed by atoms with Crippen molar-refractivity contribution in [3.63, 3.8) is 0 Å². The molecule has 3 rings (SSSR count). The second kappa shape index (κ2) is 7.70. The molecule has 1 fully saturated rings. The number of aromatic nitrogens is 2. The molecular formula is C19H25N5O2. The Morgan fingerprint density at radius 1 is 1.23 bits per heavy atom. The van der Waals surface area contributed by atoms with Crippen molar-refractivity contribution in [3.05, 3.63) is 41.1 Å². The first kappa shape index (κ1) is 18.1. The van der Waals surface area contributed by atoms with Crippen LogP contribution in [0.4, 0.5) is 11.8 Å². The Balaban J connectivity index is 1.79. The van der Waals surface area contributed by atoms with E-state index in [4.69, 9.17) is 16.2 Å². The number of carbonyl (C=O) groups is 1. The molecule has 1 aliphatic rings. The van der Waals surface area contributed by atoms with Gasteiger partial charge >= 0.3 is 0 Å². The van der Waals surface area contributed by atoms with Crippen molar-refractivity contribution < 1.29 is 9.53 Å². The average molecular weight is 355 g/mol. The summed E-state index contributed by atoms with van der Waals surface area (Å²) in [5, 5.41) is 3.29. The van der Waals surface area contributed by atoms with Crippen molar-refractivity contribution in [1.29, 1.82) is 0 Å². The normalized spacial score (nSPS) is 19.8. The Morgan fingerprint density at radius 3 is 2.62 bits per heavy atom. The van der Waals surface area contributed by atoms with Crippen LogP contribution in [0.5, 0.6) is 5.75 Å². The van der Waals surface area contributed by atoms with Crippen LogP contribution in [0, 0.1) is 6.92 Å². The molecule has 1 aliphatic carbocycles. The summed E-state index contributed by atoms with van der Waals surface area (Å²) in [5.74, 6) is 0.846. The second-order valence-corrected chi connectivity index (χ2v) is 6.78. The molecule has 0 spiro atoms. The minimum Gasteiger partial charge on any atom is -0.496 e. The molecule has 7 nitrogen and oxygen atoms in total. The zero-order valence-corrected chi connectivity index (χ0v) is 15.2. The smallest absolute Gasteiger partial charge is 0.224 e. The van der Waals surface area contributed by atoms with Crippen LogP contribution in [-0.2, 0) is 0 Å². The minimum atomic E-state index is -0.252. The van der Waals surface area contributed by atoms with Crippen LogP contribution < -0.4 is 21.5 Å². The van der Waals surface area contributed by atoms with Crippen LogP contribution in [0.25, 0.3) is 0 Å². The maximum atomic E-state index is 12.9. The highest BCUT2D eigenvalue weighted by Crippen LogP contribution is 2.25. The molecule has 0 amide bonds. The number of nitrogens with zero attached hydrogens (tertiary/aromatic N) is 2. The van der Waals surface area contributed by atoms with Gasteiger partial charge in [-0.25, -0.2) is 4.98 Å². The van der Waals surface area contributed by atoms with Gasteiger partial charge in [0.15, 0.2) is 0 Å². The van der Waals surface area contributed by atoms with E-state index in [1.807, 2.05) is 13.0 Å². The fraction of sp³-hybridized carbons (Fsp3) is 0.421. The van der Waals surface area contributed by atoms with Gasteiger partial charge in [-0.05, 0) is 44.7 Å². The summed E-state index contributed by atoms with van der Waals surface area (Å²) in [6.45, 7) is 1.92. The first-order valence-corrected chi connectivity index (χ1v) is 8.82. The number of aryl methyl sites for hydroxylation is 1. The van der Waals surface area contributed by atoms with Gasteiger partial charge in [-0.3, -0.25) is 4.79 Å². The van der Waals surface area contributed by atoms with E-state index in [1.165, 1.54) is 13.3 Å². The lowest BCUT2D eigenvalue weighted by Gasteiger charge is -2.26. The molecule has 1 aromatic heterocycles. The number of nitrogens with one attached hydrogen (secondary N) is 1. The van der Waals surface area contributed by atoms with Gasteiger partial charge in [0.25, 0.3) is 0 Å². The van der Waals surface area contributed by atoms with E-state index in [0.717, 1.165) is 31.2 Å². The first-order valence-electron chi connectivity index (χ1n) is 8.82. The van der Waals surface area contributed by atoms with Crippen LogP contribution in [0.15, 0.2) is 24.4 Å². The number of rotatable bonds is 5. The number of nitrogen functional groups attached to an aromatic ring is 1. The van der Waals surface area contributed by atoms with Crippen LogP contribution >= 0.6 is 0 Å². The summed E-state index contributed by atoms with van der Waals surface area (Å²) in [6, 6.07) is 6.00. The summed E-state index contributed by atoms with van der Waals surface area (Å²) >= 11 is 0. The molecule has 5 N–H and O–H groups in total. The molecule has 0 unspecified atom stereocenters. The van der Waals surface area contributed by atoms with Crippen LogP contribution in [0.2, 0.25) is 0 Å². The molecule has 1 saturated carbocycles. The lowest BCUT2D eigenvalue weighted by Crippen LogP contribution is -2.33. The summed E-state index contributed by atoms with van der Waals surface area (Å²) in [5.41, 5.74) is 13.7. The topological polar surface area (TPSA) is 116 Å². The number of hydrogen-bond donors (Lipinski definition) is 3. The summed E-state index contributed by atoms with van der Waals surface area (Å²) in [6.07, 6.45) is 5.40. The second-order valence-electron chi connectivity index (χ2n) is 6.78. The minimum absolute atomic E-state index is 0.156. The van der Waals surface area contributed by atoms with Crippen molar-refractivity contribution in [3.8, 4) is 5.75 Å². The molecule has 2 aromatic rings. The van der Waals surface area contributed by atoms with E-state index in [9.17, 15) is 4.79 Å². The highest BCUT2D eigenvalue weighted by Gasteiger charge is 2.21. The summed E-state index contributed by atoms with van der Waals surface area (Å²) < 4.78 is 5.29. The van der Waals surface area contributed by atoms with Gasteiger partial charge in [-0.2, -0.15) is 4.98 Å². The van der Waals surface area contributed by atoms with Gasteiger partial charge < -0.3 is 21.5 Å². The lowest BCUT2D eigenvalue weighted by atomic mass is 9.92. The number of carbonyl (C=O) groups excluding carboxylic acids is 1. The molecule has 0 aliphatic heterocycles. The van der Waals surface area contributed by atoms with E-state index >= 15 is 0 Å². The first-order chi connectivity index (χ1) is 12.5. The van der Waals surface area contributed by atoms with E-state index < -0.39 is 0 Å². The van der Waals surface area contributed by atoms with Crippen LogP contribution in [0.3, 0.4) is 0 Å². The molecule has 0 saturated heterocycles. The monoisotopic (exact) mass is 355 g/mol. The average Bonchev–Trinajstić information content (AvgIpc) is 2.63. The van der Waals surface area contributed by atoms with Gasteiger partial charge in [0.2, 0.25) is 11.7 Å². The molecule has 1 heterocycles. The maximum Gasteiger partial charge on any atom is 0.224 e. The van der Waals surface area contributed by atoms with E-state index in [-0.39, 0.29) is 29.2 Å². The van der Waals surface area contributed by atoms with Gasteiger partial charge in [0.05, 0.1) is 18.2 Å². The fourth-order valence-electron chi connectivity index (χ4n) is 3.23. The molecular weight excluding hydrogens is 330 g/mol. The van der Waals surface area contributed by atoms with Crippen LogP contribution in [0.1, 0.15) is 47.2 Å². The van der Waals surface area contributed by atoms with E-state index in [2.05, 4.69) is 15.3 Å². The number of hydrogen-bond acceptors (Lipinski definition) is 7. The Bertz CT molecular complexity index is 801. The van der Waals surface area contributed by atoms with Crippen molar-refractivity contribution in [1.82, 2.24) is 9.97 Å². The number of nitrogens with two attached hydrogens (primary N) is 2. The van der Waals surface area contributed by atoms with Gasteiger partial charge in [0, 0.05) is 18.3 Å². The molecule has 0 bridgehead atoms. The predicted octanol–water partition coefficient (Wildman–Crippen LogP) is 2.29. The Hall–Kier alpha value is -2.67. The molecule has 7 heteroatoms. The molecule has 0 radical (unpaired) electrons. The van der Waals surface area contributed by atoms with Crippen molar-refractivity contribution in [2.45, 2.75) is 44.7 Å². The van der Waals surface area contributed by atoms with Crippen molar-refractivity contribution in [2.75, 3.05) is 18.2 Å². The number of anilines is 2. The summed E-state index contributed by atoms with van der Waals surface area (Å²) in [4.78, 5) is 21.4. The number of ketones is 1. The SMILES string of the molecule is COc1ccc(C)cc1C(=O)c1cnc(NC2CCC(N)CC2)nc1N. The van der Waals surface area contributed by atoms with Crippen LogP contribution in [-0.4, -0.2) is 34.9 Å². The van der Waals surface area contributed by atoms with E-state index in [1.54, 1.807) is 12.1 Å². The molecule has 0 atom stereocenters. The maximum absolute atomic E-state index is 12.9. The van der Waals surface area contributed by atoms with Gasteiger partial charge in [0.1, 0.15) is 11.6 Å². The number of ether oxygens (including phenoxy) is 1. The third kappa shape index (κ3) is 3.94. The highest BCUT2D eigenvalue weighted by molar-refractivity contribution is 6.13. The highest BCUT2D eigenvalue weighted by atomic mass is 16.5. The predicted molar refractivity (Wildman–Crippen MR) is 101 cm³/mol. The van der Waals surface area contributed by atoms with Crippen molar-refractivity contribution in [2.24, 2.45) is 5.73 Å². The Morgan fingerprint density at radius 2 is 1.96 bits per heavy atom. The largest absolute Gasteiger partial charge is 0.496 e. The Kier molecular flexibility index (Phi) is 5.37. The molecule has 26 heavy (non-hydrogen) atoms. The molecule has 1 aromatic carbocycles. The third-order valence-corrected chi connectivity index (χ3v) is 4.77. The zero-order valence-electron chi connectivity index (χ0n) is 15.2. The number of methoxy groups -OCH3 is 1. The summed E-state index contributed by atoms with van der Waals surface area (Å²) in [7, 11) is 1.53.